The molecule has 0 aromatic carbocycles. The van der Waals surface area contributed by atoms with Crippen LogP contribution in [0.15, 0.2) is 11.7 Å². The molecule has 1 aliphatic rings. The van der Waals surface area contributed by atoms with Gasteiger partial charge < -0.3 is 5.32 Å². The van der Waals surface area contributed by atoms with Gasteiger partial charge in [-0.05, 0) is 51.6 Å². The molecule has 0 bridgehead atoms. The Morgan fingerprint density at radius 3 is 2.60 bits per heavy atom. The average Bonchev–Trinajstić information content (AvgIpc) is 3.08. The van der Waals surface area contributed by atoms with E-state index in [9.17, 15) is 0 Å². The highest BCUT2D eigenvalue weighted by Gasteiger charge is 2.19. The fourth-order valence-electron chi connectivity index (χ4n) is 2.40. The fraction of sp³-hybridized carbons (Fsp3) is 0.533. The first-order chi connectivity index (χ1) is 9.74. The maximum atomic E-state index is 4.64. The summed E-state index contributed by atoms with van der Waals surface area (Å²) in [6.45, 7) is 5.27. The Bertz CT molecular complexity index is 553. The van der Waals surface area contributed by atoms with Crippen LogP contribution < -0.4 is 5.32 Å². The molecule has 2 aromatic heterocycles. The number of aryl methyl sites for hydroxylation is 2. The topological polar surface area (TPSA) is 50.7 Å². The van der Waals surface area contributed by atoms with E-state index in [1.807, 2.05) is 11.7 Å². The number of nitrogens with zero attached hydrogens (tertiary/aromatic N) is 3. The van der Waals surface area contributed by atoms with Crippen molar-refractivity contribution < 1.29 is 0 Å². The van der Waals surface area contributed by atoms with Crippen molar-refractivity contribution in [3.05, 3.63) is 28.7 Å². The number of hydrogen-bond donors (Lipinski definition) is 1. The van der Waals surface area contributed by atoms with E-state index >= 15 is 0 Å². The summed E-state index contributed by atoms with van der Waals surface area (Å²) in [5, 5.41) is 3.55. The standard InChI is InChI=1S/C15H20N4S/c1-10-13(4-3-7-17-12-5-6-12)11(2)19-15(18-10)14-8-16-9-20-14/h8-9,12,17H,3-7H2,1-2H3. The molecule has 1 saturated carbocycles. The van der Waals surface area contributed by atoms with E-state index in [-0.39, 0.29) is 0 Å². The highest BCUT2D eigenvalue weighted by Crippen LogP contribution is 2.23. The summed E-state index contributed by atoms with van der Waals surface area (Å²) in [5.41, 5.74) is 5.33. The Labute approximate surface area is 123 Å². The molecule has 2 aromatic rings. The molecular weight excluding hydrogens is 268 g/mol. The lowest BCUT2D eigenvalue weighted by Crippen LogP contribution is -2.18. The summed E-state index contributed by atoms with van der Waals surface area (Å²) in [6, 6.07) is 0.794. The third-order valence-corrected chi connectivity index (χ3v) is 4.46. The summed E-state index contributed by atoms with van der Waals surface area (Å²) in [5.74, 6) is 0.808. The van der Waals surface area contributed by atoms with Crippen molar-refractivity contribution in [2.24, 2.45) is 0 Å². The molecule has 20 heavy (non-hydrogen) atoms. The quantitative estimate of drug-likeness (QED) is 0.830. The van der Waals surface area contributed by atoms with Gasteiger partial charge in [-0.25, -0.2) is 9.97 Å². The zero-order chi connectivity index (χ0) is 13.9. The smallest absolute Gasteiger partial charge is 0.171 e. The molecule has 1 N–H and O–H groups in total. The first kappa shape index (κ1) is 13.6. The Morgan fingerprint density at radius 1 is 1.25 bits per heavy atom. The van der Waals surface area contributed by atoms with Crippen molar-refractivity contribution in [1.82, 2.24) is 20.3 Å². The normalized spacial score (nSPS) is 14.7. The monoisotopic (exact) mass is 288 g/mol. The van der Waals surface area contributed by atoms with Crippen LogP contribution in [-0.2, 0) is 6.42 Å². The summed E-state index contributed by atoms with van der Waals surface area (Å²) < 4.78 is 0. The van der Waals surface area contributed by atoms with E-state index < -0.39 is 0 Å². The second-order valence-electron chi connectivity index (χ2n) is 5.39. The van der Waals surface area contributed by atoms with E-state index in [2.05, 4.69) is 34.1 Å². The zero-order valence-corrected chi connectivity index (χ0v) is 12.8. The molecule has 0 amide bonds. The predicted octanol–water partition coefficient (Wildman–Crippen LogP) is 2.90. The van der Waals surface area contributed by atoms with Crippen molar-refractivity contribution in [1.29, 1.82) is 0 Å². The number of thiazole rings is 1. The molecule has 1 fully saturated rings. The van der Waals surface area contributed by atoms with Gasteiger partial charge in [-0.2, -0.15) is 0 Å². The molecule has 3 rings (SSSR count). The molecule has 0 atom stereocenters. The third kappa shape index (κ3) is 3.22. The van der Waals surface area contributed by atoms with Gasteiger partial charge in [0.1, 0.15) is 0 Å². The first-order valence-electron chi connectivity index (χ1n) is 7.20. The van der Waals surface area contributed by atoms with Crippen LogP contribution in [0.1, 0.15) is 36.2 Å². The van der Waals surface area contributed by atoms with Gasteiger partial charge in [-0.3, -0.25) is 4.98 Å². The molecule has 0 aliphatic heterocycles. The third-order valence-electron chi connectivity index (χ3n) is 3.69. The van der Waals surface area contributed by atoms with Crippen molar-refractivity contribution in [3.8, 4) is 10.7 Å². The van der Waals surface area contributed by atoms with Gasteiger partial charge in [0.15, 0.2) is 5.82 Å². The lowest BCUT2D eigenvalue weighted by molar-refractivity contribution is 0.642. The first-order valence-corrected chi connectivity index (χ1v) is 8.08. The van der Waals surface area contributed by atoms with Gasteiger partial charge in [0, 0.05) is 23.6 Å². The summed E-state index contributed by atoms with van der Waals surface area (Å²) in [4.78, 5) is 14.4. The molecule has 0 radical (unpaired) electrons. The van der Waals surface area contributed by atoms with E-state index in [0.29, 0.717) is 0 Å². The summed E-state index contributed by atoms with van der Waals surface area (Å²) in [6.07, 6.45) is 6.75. The van der Waals surface area contributed by atoms with Crippen LogP contribution in [0.5, 0.6) is 0 Å². The minimum atomic E-state index is 0.794. The van der Waals surface area contributed by atoms with Crippen molar-refractivity contribution in [2.45, 2.75) is 45.6 Å². The molecule has 1 aliphatic carbocycles. The van der Waals surface area contributed by atoms with E-state index in [1.165, 1.54) is 18.4 Å². The Kier molecular flexibility index (Phi) is 4.08. The van der Waals surface area contributed by atoms with Gasteiger partial charge in [0.25, 0.3) is 0 Å². The highest BCUT2D eigenvalue weighted by molar-refractivity contribution is 7.13. The van der Waals surface area contributed by atoms with Crippen LogP contribution in [0.2, 0.25) is 0 Å². The Balaban J connectivity index is 1.67. The highest BCUT2D eigenvalue weighted by atomic mass is 32.1. The van der Waals surface area contributed by atoms with Gasteiger partial charge in [-0.15, -0.1) is 11.3 Å². The molecular formula is C15H20N4S. The maximum Gasteiger partial charge on any atom is 0.171 e. The molecule has 0 spiro atoms. The van der Waals surface area contributed by atoms with Crippen LogP contribution >= 0.6 is 11.3 Å². The van der Waals surface area contributed by atoms with Gasteiger partial charge in [0.2, 0.25) is 0 Å². The summed E-state index contributed by atoms with van der Waals surface area (Å²) >= 11 is 1.58. The second kappa shape index (κ2) is 5.97. The molecule has 0 unspecified atom stereocenters. The van der Waals surface area contributed by atoms with E-state index in [4.69, 9.17) is 0 Å². The number of nitrogens with one attached hydrogen (secondary N) is 1. The van der Waals surface area contributed by atoms with Crippen molar-refractivity contribution in [2.75, 3.05) is 6.54 Å². The van der Waals surface area contributed by atoms with Gasteiger partial charge in [-0.1, -0.05) is 0 Å². The van der Waals surface area contributed by atoms with E-state index in [1.54, 1.807) is 11.3 Å². The van der Waals surface area contributed by atoms with Crippen LogP contribution in [0, 0.1) is 13.8 Å². The Morgan fingerprint density at radius 2 is 2.00 bits per heavy atom. The maximum absolute atomic E-state index is 4.64. The molecule has 106 valence electrons. The van der Waals surface area contributed by atoms with Crippen LogP contribution in [-0.4, -0.2) is 27.5 Å². The minimum absolute atomic E-state index is 0.794. The lowest BCUT2D eigenvalue weighted by atomic mass is 10.1. The van der Waals surface area contributed by atoms with Crippen LogP contribution in [0.4, 0.5) is 0 Å². The molecule has 0 saturated heterocycles. The lowest BCUT2D eigenvalue weighted by Gasteiger charge is -2.10. The number of hydrogen-bond acceptors (Lipinski definition) is 5. The average molecular weight is 288 g/mol. The molecule has 2 heterocycles. The second-order valence-corrected chi connectivity index (χ2v) is 6.28. The van der Waals surface area contributed by atoms with E-state index in [0.717, 1.165) is 47.5 Å². The predicted molar refractivity (Wildman–Crippen MR) is 82.0 cm³/mol. The minimum Gasteiger partial charge on any atom is -0.314 e. The van der Waals surface area contributed by atoms with Crippen LogP contribution in [0.3, 0.4) is 0 Å². The fourth-order valence-corrected chi connectivity index (χ4v) is 2.95. The summed E-state index contributed by atoms with van der Waals surface area (Å²) in [7, 11) is 0. The number of aromatic nitrogens is 3. The Hall–Kier alpha value is -1.33. The SMILES string of the molecule is Cc1nc(-c2cncs2)nc(C)c1CCCNC1CC1. The molecule has 4 nitrogen and oxygen atoms in total. The van der Waals surface area contributed by atoms with Gasteiger partial charge >= 0.3 is 0 Å². The zero-order valence-electron chi connectivity index (χ0n) is 12.0. The van der Waals surface area contributed by atoms with Crippen molar-refractivity contribution in [3.63, 3.8) is 0 Å². The van der Waals surface area contributed by atoms with Crippen LogP contribution in [0.25, 0.3) is 10.7 Å². The number of rotatable bonds is 6. The van der Waals surface area contributed by atoms with Crippen molar-refractivity contribution >= 4 is 11.3 Å². The van der Waals surface area contributed by atoms with Gasteiger partial charge in [0.05, 0.1) is 10.4 Å². The molecule has 5 heteroatoms. The largest absolute Gasteiger partial charge is 0.314 e.